The van der Waals surface area contributed by atoms with Crippen molar-refractivity contribution in [3.05, 3.63) is 65.2 Å². The number of rotatable bonds is 6. The van der Waals surface area contributed by atoms with Gasteiger partial charge in [0.05, 0.1) is 13.7 Å². The van der Waals surface area contributed by atoms with Crippen molar-refractivity contribution < 1.29 is 14.3 Å². The maximum Gasteiger partial charge on any atom is 0.251 e. The molecule has 0 saturated carbocycles. The summed E-state index contributed by atoms with van der Waals surface area (Å²) < 4.78 is 5.03. The molecule has 120 valence electrons. The first-order valence-corrected chi connectivity index (χ1v) is 7.33. The zero-order valence-electron chi connectivity index (χ0n) is 13.3. The lowest BCUT2D eigenvalue weighted by molar-refractivity contribution is -0.120. The van der Waals surface area contributed by atoms with E-state index in [-0.39, 0.29) is 18.4 Å². The molecule has 0 saturated heterocycles. The quantitative estimate of drug-likeness (QED) is 0.858. The van der Waals surface area contributed by atoms with Crippen molar-refractivity contribution in [1.29, 1.82) is 0 Å². The fraction of sp³-hybridized carbons (Fsp3) is 0.222. The molecule has 2 aromatic carbocycles. The van der Waals surface area contributed by atoms with Gasteiger partial charge >= 0.3 is 0 Å². The van der Waals surface area contributed by atoms with E-state index in [1.807, 2.05) is 31.2 Å². The predicted molar refractivity (Wildman–Crippen MR) is 88.4 cm³/mol. The van der Waals surface area contributed by atoms with E-state index in [1.165, 1.54) is 5.56 Å². The van der Waals surface area contributed by atoms with Crippen LogP contribution < -0.4 is 15.4 Å². The topological polar surface area (TPSA) is 67.4 Å². The minimum Gasteiger partial charge on any atom is -0.497 e. The normalized spacial score (nSPS) is 10.0. The number of benzene rings is 2. The first-order valence-electron chi connectivity index (χ1n) is 7.33. The van der Waals surface area contributed by atoms with E-state index >= 15 is 0 Å². The van der Waals surface area contributed by atoms with E-state index in [0.29, 0.717) is 17.9 Å². The van der Waals surface area contributed by atoms with E-state index in [9.17, 15) is 9.59 Å². The lowest BCUT2D eigenvalue weighted by Gasteiger charge is -2.08. The van der Waals surface area contributed by atoms with Crippen LogP contribution in [-0.2, 0) is 11.3 Å². The van der Waals surface area contributed by atoms with Gasteiger partial charge in [0, 0.05) is 12.1 Å². The second-order valence-electron chi connectivity index (χ2n) is 5.17. The Morgan fingerprint density at radius 2 is 1.61 bits per heavy atom. The monoisotopic (exact) mass is 312 g/mol. The minimum absolute atomic E-state index is 0.0588. The van der Waals surface area contributed by atoms with Gasteiger partial charge in [-0.1, -0.05) is 29.8 Å². The summed E-state index contributed by atoms with van der Waals surface area (Å²) in [7, 11) is 1.56. The number of ether oxygens (including phenoxy) is 1. The third kappa shape index (κ3) is 5.14. The number of hydrogen-bond donors (Lipinski definition) is 2. The summed E-state index contributed by atoms with van der Waals surface area (Å²) >= 11 is 0. The lowest BCUT2D eigenvalue weighted by atomic mass is 10.1. The van der Waals surface area contributed by atoms with E-state index in [1.54, 1.807) is 31.4 Å². The first-order chi connectivity index (χ1) is 11.1. The molecule has 0 fully saturated rings. The van der Waals surface area contributed by atoms with Crippen LogP contribution >= 0.6 is 0 Å². The highest BCUT2D eigenvalue weighted by atomic mass is 16.5. The summed E-state index contributed by atoms with van der Waals surface area (Å²) in [4.78, 5) is 23.7. The van der Waals surface area contributed by atoms with Gasteiger partial charge in [-0.25, -0.2) is 0 Å². The third-order valence-corrected chi connectivity index (χ3v) is 3.37. The van der Waals surface area contributed by atoms with Gasteiger partial charge in [-0.3, -0.25) is 9.59 Å². The molecular formula is C18H20N2O3. The average Bonchev–Trinajstić information content (AvgIpc) is 2.59. The van der Waals surface area contributed by atoms with Gasteiger partial charge in [-0.15, -0.1) is 0 Å². The SMILES string of the molecule is COc1ccc(C(=O)NCC(=O)NCc2ccc(C)cc2)cc1. The Bertz CT molecular complexity index is 664. The number of methoxy groups -OCH3 is 1. The minimum atomic E-state index is -0.293. The van der Waals surface area contributed by atoms with Crippen LogP contribution in [0, 0.1) is 6.92 Å². The standard InChI is InChI=1S/C18H20N2O3/c1-13-3-5-14(6-4-13)11-19-17(21)12-20-18(22)15-7-9-16(23-2)10-8-15/h3-10H,11-12H2,1-2H3,(H,19,21)(H,20,22). The molecule has 0 bridgehead atoms. The second kappa shape index (κ2) is 7.98. The molecule has 2 rings (SSSR count). The highest BCUT2D eigenvalue weighted by Crippen LogP contribution is 2.10. The second-order valence-corrected chi connectivity index (χ2v) is 5.17. The molecule has 23 heavy (non-hydrogen) atoms. The first kappa shape index (κ1) is 16.5. The molecule has 0 radical (unpaired) electrons. The predicted octanol–water partition coefficient (Wildman–Crippen LogP) is 2.05. The van der Waals surface area contributed by atoms with Gasteiger partial charge in [-0.05, 0) is 36.8 Å². The number of amides is 2. The van der Waals surface area contributed by atoms with Crippen LogP contribution in [0.3, 0.4) is 0 Å². The summed E-state index contributed by atoms with van der Waals surface area (Å²) in [6.07, 6.45) is 0. The van der Waals surface area contributed by atoms with Crippen molar-refractivity contribution in [2.24, 2.45) is 0 Å². The summed E-state index contributed by atoms with van der Waals surface area (Å²) in [5.74, 6) is 0.156. The molecule has 0 aliphatic carbocycles. The molecule has 2 aromatic rings. The van der Waals surface area contributed by atoms with Crippen LogP contribution in [0.5, 0.6) is 5.75 Å². The van der Waals surface area contributed by atoms with Gasteiger partial charge in [-0.2, -0.15) is 0 Å². The van der Waals surface area contributed by atoms with E-state index in [0.717, 1.165) is 5.56 Å². The average molecular weight is 312 g/mol. The smallest absolute Gasteiger partial charge is 0.251 e. The molecule has 0 aromatic heterocycles. The molecular weight excluding hydrogens is 292 g/mol. The van der Waals surface area contributed by atoms with Crippen molar-refractivity contribution in [3.63, 3.8) is 0 Å². The van der Waals surface area contributed by atoms with E-state index in [4.69, 9.17) is 4.74 Å². The van der Waals surface area contributed by atoms with E-state index in [2.05, 4.69) is 10.6 Å². The summed E-state index contributed by atoms with van der Waals surface area (Å²) in [5, 5.41) is 5.36. The molecule has 0 aliphatic rings. The Morgan fingerprint density at radius 1 is 0.957 bits per heavy atom. The Morgan fingerprint density at radius 3 is 2.22 bits per heavy atom. The van der Waals surface area contributed by atoms with Crippen LogP contribution in [0.15, 0.2) is 48.5 Å². The Labute approximate surface area is 135 Å². The summed E-state index contributed by atoms with van der Waals surface area (Å²) in [6.45, 7) is 2.39. The molecule has 5 heteroatoms. The number of carbonyl (C=O) groups is 2. The third-order valence-electron chi connectivity index (χ3n) is 3.37. The molecule has 2 N–H and O–H groups in total. The van der Waals surface area contributed by atoms with Gasteiger partial charge < -0.3 is 15.4 Å². The van der Waals surface area contributed by atoms with Crippen LogP contribution in [-0.4, -0.2) is 25.5 Å². The molecule has 0 spiro atoms. The van der Waals surface area contributed by atoms with E-state index < -0.39 is 0 Å². The molecule has 0 atom stereocenters. The van der Waals surface area contributed by atoms with Gasteiger partial charge in [0.2, 0.25) is 5.91 Å². The number of nitrogens with one attached hydrogen (secondary N) is 2. The van der Waals surface area contributed by atoms with Crippen molar-refractivity contribution in [2.75, 3.05) is 13.7 Å². The zero-order valence-corrected chi connectivity index (χ0v) is 13.3. The lowest BCUT2D eigenvalue weighted by Crippen LogP contribution is -2.36. The molecule has 2 amide bonds. The van der Waals surface area contributed by atoms with Crippen LogP contribution in [0.1, 0.15) is 21.5 Å². The van der Waals surface area contributed by atoms with Crippen molar-refractivity contribution in [3.8, 4) is 5.75 Å². The van der Waals surface area contributed by atoms with Crippen LogP contribution in [0.2, 0.25) is 0 Å². The number of aryl methyl sites for hydroxylation is 1. The molecule has 5 nitrogen and oxygen atoms in total. The maximum absolute atomic E-state index is 11.9. The van der Waals surface area contributed by atoms with Crippen molar-refractivity contribution in [1.82, 2.24) is 10.6 Å². The Balaban J connectivity index is 1.76. The molecule has 0 aliphatic heterocycles. The molecule has 0 heterocycles. The largest absolute Gasteiger partial charge is 0.497 e. The fourth-order valence-corrected chi connectivity index (χ4v) is 1.97. The number of hydrogen-bond acceptors (Lipinski definition) is 3. The maximum atomic E-state index is 11.9. The Kier molecular flexibility index (Phi) is 5.74. The summed E-state index contributed by atoms with van der Waals surface area (Å²) in [5.41, 5.74) is 2.68. The Hall–Kier alpha value is -2.82. The van der Waals surface area contributed by atoms with Gasteiger partial charge in [0.15, 0.2) is 0 Å². The van der Waals surface area contributed by atoms with Gasteiger partial charge in [0.25, 0.3) is 5.91 Å². The van der Waals surface area contributed by atoms with Crippen LogP contribution in [0.4, 0.5) is 0 Å². The highest BCUT2D eigenvalue weighted by molar-refractivity contribution is 5.96. The fourth-order valence-electron chi connectivity index (χ4n) is 1.97. The van der Waals surface area contributed by atoms with Crippen molar-refractivity contribution in [2.45, 2.75) is 13.5 Å². The summed E-state index contributed by atoms with van der Waals surface area (Å²) in [6, 6.07) is 14.6. The van der Waals surface area contributed by atoms with Gasteiger partial charge in [0.1, 0.15) is 5.75 Å². The number of carbonyl (C=O) groups excluding carboxylic acids is 2. The van der Waals surface area contributed by atoms with Crippen LogP contribution in [0.25, 0.3) is 0 Å². The van der Waals surface area contributed by atoms with Crippen molar-refractivity contribution >= 4 is 11.8 Å². The molecule has 0 unspecified atom stereocenters. The zero-order chi connectivity index (χ0) is 16.7. The highest BCUT2D eigenvalue weighted by Gasteiger charge is 2.08.